The molecule has 1 heterocycles. The Hall–Kier alpha value is -3.37. The zero-order chi connectivity index (χ0) is 19.5. The Morgan fingerprint density at radius 2 is 1.71 bits per heavy atom. The fourth-order valence-electron chi connectivity index (χ4n) is 2.88. The molecule has 0 fully saturated rings. The molecule has 0 amide bonds. The highest BCUT2D eigenvalue weighted by molar-refractivity contribution is 6.30. The van der Waals surface area contributed by atoms with E-state index in [1.54, 1.807) is 66.7 Å². The molecular formula is C23H15ClO4. The summed E-state index contributed by atoms with van der Waals surface area (Å²) >= 11 is 5.90. The van der Waals surface area contributed by atoms with Gasteiger partial charge >= 0.3 is 0 Å². The second-order valence-corrected chi connectivity index (χ2v) is 6.66. The Kier molecular flexibility index (Phi) is 4.96. The molecule has 0 radical (unpaired) electrons. The number of ketones is 1. The molecule has 0 N–H and O–H groups in total. The molecule has 5 heteroatoms. The first-order valence-electron chi connectivity index (χ1n) is 8.64. The molecule has 0 aliphatic heterocycles. The second-order valence-electron chi connectivity index (χ2n) is 6.22. The van der Waals surface area contributed by atoms with Gasteiger partial charge in [0.2, 0.25) is 0 Å². The third kappa shape index (κ3) is 3.68. The van der Waals surface area contributed by atoms with Crippen molar-refractivity contribution in [1.29, 1.82) is 0 Å². The van der Waals surface area contributed by atoms with Crippen LogP contribution in [0.4, 0.5) is 0 Å². The minimum absolute atomic E-state index is 0.0946. The lowest BCUT2D eigenvalue weighted by Crippen LogP contribution is -2.11. The highest BCUT2D eigenvalue weighted by Gasteiger charge is 2.11. The Bertz CT molecular complexity index is 1190. The van der Waals surface area contributed by atoms with Crippen molar-refractivity contribution in [2.75, 3.05) is 6.61 Å². The number of hydrogen-bond donors (Lipinski definition) is 0. The highest BCUT2D eigenvalue weighted by Crippen LogP contribution is 2.24. The van der Waals surface area contributed by atoms with Crippen molar-refractivity contribution >= 4 is 28.4 Å². The fourth-order valence-corrected chi connectivity index (χ4v) is 3.01. The van der Waals surface area contributed by atoms with Gasteiger partial charge in [-0.1, -0.05) is 54.1 Å². The molecule has 0 saturated carbocycles. The lowest BCUT2D eigenvalue weighted by atomic mass is 10.1. The first kappa shape index (κ1) is 18.0. The molecule has 28 heavy (non-hydrogen) atoms. The van der Waals surface area contributed by atoms with Crippen LogP contribution in [0.25, 0.3) is 22.1 Å². The van der Waals surface area contributed by atoms with Crippen LogP contribution >= 0.6 is 11.6 Å². The molecule has 0 unspecified atom stereocenters. The number of carbonyl (C=O) groups excluding carboxylic acids is 1. The summed E-state index contributed by atoms with van der Waals surface area (Å²) in [6, 6.07) is 20.8. The number of fused-ring (bicyclic) bond motifs is 1. The van der Waals surface area contributed by atoms with Crippen molar-refractivity contribution in [2.45, 2.75) is 0 Å². The van der Waals surface area contributed by atoms with Gasteiger partial charge in [-0.25, -0.2) is 0 Å². The lowest BCUT2D eigenvalue weighted by molar-refractivity contribution is 0.0921. The minimum atomic E-state index is -0.143. The van der Waals surface area contributed by atoms with Crippen LogP contribution in [-0.2, 0) is 0 Å². The molecule has 0 aliphatic rings. The summed E-state index contributed by atoms with van der Waals surface area (Å²) < 4.78 is 11.2. The van der Waals surface area contributed by atoms with E-state index in [2.05, 4.69) is 0 Å². The highest BCUT2D eigenvalue weighted by atomic mass is 35.5. The Labute approximate surface area is 166 Å². The molecule has 0 atom stereocenters. The van der Waals surface area contributed by atoms with Crippen LogP contribution in [0.1, 0.15) is 10.4 Å². The minimum Gasteiger partial charge on any atom is -0.485 e. The van der Waals surface area contributed by atoms with Crippen LogP contribution in [0, 0.1) is 0 Å². The van der Waals surface area contributed by atoms with Crippen molar-refractivity contribution in [3.05, 3.63) is 99.9 Å². The summed E-state index contributed by atoms with van der Waals surface area (Å²) in [6.07, 6.45) is 1.42. The van der Waals surface area contributed by atoms with Gasteiger partial charge in [0, 0.05) is 16.7 Å². The number of rotatable bonds is 5. The van der Waals surface area contributed by atoms with E-state index in [0.29, 0.717) is 32.9 Å². The molecule has 3 aromatic carbocycles. The monoisotopic (exact) mass is 390 g/mol. The number of halogens is 1. The summed E-state index contributed by atoms with van der Waals surface area (Å²) in [5.74, 6) is 0.333. The Balaban J connectivity index is 1.58. The molecule has 1 aromatic heterocycles. The van der Waals surface area contributed by atoms with E-state index >= 15 is 0 Å². The van der Waals surface area contributed by atoms with Gasteiger partial charge in [0.05, 0.1) is 10.9 Å². The zero-order valence-electron chi connectivity index (χ0n) is 14.7. The molecule has 0 bridgehead atoms. The predicted molar refractivity (Wildman–Crippen MR) is 109 cm³/mol. The largest absolute Gasteiger partial charge is 0.485 e. The van der Waals surface area contributed by atoms with Crippen LogP contribution < -0.4 is 10.2 Å². The van der Waals surface area contributed by atoms with Crippen molar-refractivity contribution in [3.63, 3.8) is 0 Å². The number of ether oxygens (including phenoxy) is 1. The number of Topliss-reactive ketones (excluding diaryl/α,β-unsaturated/α-hetero) is 1. The lowest BCUT2D eigenvalue weighted by Gasteiger charge is -2.07. The third-order valence-electron chi connectivity index (χ3n) is 4.37. The summed E-state index contributed by atoms with van der Waals surface area (Å²) in [6.45, 7) is -0.0946. The molecule has 4 rings (SSSR count). The number of benzene rings is 3. The van der Waals surface area contributed by atoms with Crippen molar-refractivity contribution in [2.24, 2.45) is 0 Å². The van der Waals surface area contributed by atoms with Gasteiger partial charge in [-0.15, -0.1) is 0 Å². The molecular weight excluding hydrogens is 376 g/mol. The average molecular weight is 391 g/mol. The van der Waals surface area contributed by atoms with Crippen LogP contribution in [0.2, 0.25) is 5.02 Å². The summed E-state index contributed by atoms with van der Waals surface area (Å²) in [5.41, 5.74) is 2.02. The second kappa shape index (κ2) is 7.71. The molecule has 0 saturated heterocycles. The van der Waals surface area contributed by atoms with E-state index in [0.717, 1.165) is 5.56 Å². The molecule has 0 spiro atoms. The van der Waals surface area contributed by atoms with Crippen molar-refractivity contribution in [1.82, 2.24) is 0 Å². The SMILES string of the molecule is O=C(COc1ccc2c(=O)c(-c3ccc(Cl)cc3)coc2c1)c1ccccc1. The standard InChI is InChI=1S/C23H15ClO4/c24-17-8-6-15(7-9-17)20-13-28-22-12-18(10-11-19(22)23(20)26)27-14-21(25)16-4-2-1-3-5-16/h1-13H,14H2. The summed E-state index contributed by atoms with van der Waals surface area (Å²) in [7, 11) is 0. The van der Waals surface area contributed by atoms with E-state index in [1.807, 2.05) is 6.07 Å². The van der Waals surface area contributed by atoms with Gasteiger partial charge < -0.3 is 9.15 Å². The van der Waals surface area contributed by atoms with E-state index in [1.165, 1.54) is 6.26 Å². The van der Waals surface area contributed by atoms with Gasteiger partial charge in [-0.2, -0.15) is 0 Å². The molecule has 0 aliphatic carbocycles. The van der Waals surface area contributed by atoms with Gasteiger partial charge in [-0.3, -0.25) is 9.59 Å². The van der Waals surface area contributed by atoms with E-state index < -0.39 is 0 Å². The predicted octanol–water partition coefficient (Wildman–Crippen LogP) is 5.38. The summed E-state index contributed by atoms with van der Waals surface area (Å²) in [4.78, 5) is 24.9. The van der Waals surface area contributed by atoms with Crippen LogP contribution in [0.3, 0.4) is 0 Å². The van der Waals surface area contributed by atoms with E-state index in [4.69, 9.17) is 20.8 Å². The molecule has 138 valence electrons. The maximum absolute atomic E-state index is 12.8. The first-order chi connectivity index (χ1) is 13.6. The molecule has 4 nitrogen and oxygen atoms in total. The summed E-state index contributed by atoms with van der Waals surface area (Å²) in [5, 5.41) is 1.04. The zero-order valence-corrected chi connectivity index (χ0v) is 15.5. The maximum atomic E-state index is 12.8. The van der Waals surface area contributed by atoms with Gasteiger partial charge in [-0.05, 0) is 29.8 Å². The maximum Gasteiger partial charge on any atom is 0.200 e. The van der Waals surface area contributed by atoms with E-state index in [-0.39, 0.29) is 17.8 Å². The molecule has 4 aromatic rings. The van der Waals surface area contributed by atoms with E-state index in [9.17, 15) is 9.59 Å². The fraction of sp³-hybridized carbons (Fsp3) is 0.0435. The van der Waals surface area contributed by atoms with Crippen LogP contribution in [0.5, 0.6) is 5.75 Å². The van der Waals surface area contributed by atoms with Crippen molar-refractivity contribution in [3.8, 4) is 16.9 Å². The van der Waals surface area contributed by atoms with Crippen LogP contribution in [-0.4, -0.2) is 12.4 Å². The van der Waals surface area contributed by atoms with Crippen molar-refractivity contribution < 1.29 is 13.9 Å². The Morgan fingerprint density at radius 3 is 2.46 bits per heavy atom. The van der Waals surface area contributed by atoms with Gasteiger partial charge in [0.25, 0.3) is 0 Å². The number of carbonyl (C=O) groups is 1. The first-order valence-corrected chi connectivity index (χ1v) is 9.02. The smallest absolute Gasteiger partial charge is 0.200 e. The average Bonchev–Trinajstić information content (AvgIpc) is 2.74. The topological polar surface area (TPSA) is 56.5 Å². The quantitative estimate of drug-likeness (QED) is 0.429. The van der Waals surface area contributed by atoms with Crippen LogP contribution in [0.15, 0.2) is 88.3 Å². The third-order valence-corrected chi connectivity index (χ3v) is 4.62. The number of hydrogen-bond acceptors (Lipinski definition) is 4. The van der Waals surface area contributed by atoms with Gasteiger partial charge in [0.15, 0.2) is 17.8 Å². The normalized spacial score (nSPS) is 10.8. The Morgan fingerprint density at radius 1 is 0.964 bits per heavy atom. The van der Waals surface area contributed by atoms with Gasteiger partial charge in [0.1, 0.15) is 17.6 Å².